The van der Waals surface area contributed by atoms with Gasteiger partial charge in [-0.2, -0.15) is 0 Å². The second-order valence-electron chi connectivity index (χ2n) is 6.64. The van der Waals surface area contributed by atoms with Crippen LogP contribution in [0.25, 0.3) is 10.9 Å². The third-order valence-corrected chi connectivity index (χ3v) is 4.55. The van der Waals surface area contributed by atoms with Gasteiger partial charge in [0.1, 0.15) is 12.2 Å². The number of esters is 1. The van der Waals surface area contributed by atoms with E-state index in [0.717, 1.165) is 4.90 Å². The molecule has 0 bridgehead atoms. The van der Waals surface area contributed by atoms with E-state index in [1.54, 1.807) is 33.3 Å². The zero-order chi connectivity index (χ0) is 22.3. The maximum Gasteiger partial charge on any atom is 0.356 e. The van der Waals surface area contributed by atoms with Gasteiger partial charge in [-0.25, -0.2) is 4.79 Å². The number of carbonyl (C=O) groups is 2. The van der Waals surface area contributed by atoms with Crippen LogP contribution in [0.2, 0.25) is 0 Å². The fraction of sp³-hybridized carbons (Fsp3) is 0.500. The third-order valence-electron chi connectivity index (χ3n) is 4.55. The summed E-state index contributed by atoms with van der Waals surface area (Å²) in [6.07, 6.45) is -0.419. The molecule has 1 heterocycles. The van der Waals surface area contributed by atoms with Gasteiger partial charge in [0.15, 0.2) is 18.0 Å². The average Bonchev–Trinajstić information content (AvgIpc) is 3.08. The van der Waals surface area contributed by atoms with Gasteiger partial charge < -0.3 is 38.9 Å². The number of nitrogens with one attached hydrogen (secondary N) is 3. The standard InChI is InChI=1S/C20H29N3O7/c1-7-30-20(25)19-18(22-16(24)10-23(2)11-17(28-5)29-6)12-8-14(26-3)15(27-4)9-13(12)21-19/h8-9,17,21H,7,10-11H2,1-6H3,(H,22,24)/p+1. The number of hydrogen-bond acceptors (Lipinski definition) is 7. The number of fused-ring (bicyclic) bond motifs is 1. The Kier molecular flexibility index (Phi) is 8.46. The Hall–Kier alpha value is -2.82. The predicted octanol–water partition coefficient (Wildman–Crippen LogP) is 0.434. The van der Waals surface area contributed by atoms with E-state index in [1.165, 1.54) is 14.2 Å². The van der Waals surface area contributed by atoms with Crippen LogP contribution in [0.4, 0.5) is 5.69 Å². The first kappa shape index (κ1) is 23.5. The molecule has 1 amide bonds. The van der Waals surface area contributed by atoms with Gasteiger partial charge in [0.05, 0.1) is 39.1 Å². The first-order valence-electron chi connectivity index (χ1n) is 9.49. The minimum absolute atomic E-state index is 0.144. The zero-order valence-corrected chi connectivity index (χ0v) is 18.2. The monoisotopic (exact) mass is 424 g/mol. The van der Waals surface area contributed by atoms with Crippen molar-refractivity contribution in [2.24, 2.45) is 0 Å². The Bertz CT molecular complexity index is 877. The molecule has 0 aliphatic carbocycles. The molecule has 0 saturated heterocycles. The fourth-order valence-electron chi connectivity index (χ4n) is 3.08. The molecule has 1 atom stereocenters. The van der Waals surface area contributed by atoms with E-state index in [0.29, 0.717) is 34.6 Å². The average molecular weight is 424 g/mol. The normalized spacial score (nSPS) is 12.1. The molecule has 2 aromatic rings. The minimum atomic E-state index is -0.568. The van der Waals surface area contributed by atoms with Gasteiger partial charge in [-0.05, 0) is 13.0 Å². The summed E-state index contributed by atoms with van der Waals surface area (Å²) >= 11 is 0. The van der Waals surface area contributed by atoms with Crippen LogP contribution < -0.4 is 19.7 Å². The lowest BCUT2D eigenvalue weighted by Gasteiger charge is -2.19. The van der Waals surface area contributed by atoms with Crippen LogP contribution in [0.5, 0.6) is 11.5 Å². The van der Waals surface area contributed by atoms with Gasteiger partial charge in [-0.3, -0.25) is 4.79 Å². The highest BCUT2D eigenvalue weighted by molar-refractivity contribution is 6.11. The number of aromatic nitrogens is 1. The Morgan fingerprint density at radius 2 is 1.73 bits per heavy atom. The molecule has 0 aliphatic rings. The van der Waals surface area contributed by atoms with Crippen LogP contribution in [0.1, 0.15) is 17.4 Å². The molecule has 10 nitrogen and oxygen atoms in total. The number of hydrogen-bond donors (Lipinski definition) is 3. The van der Waals surface area contributed by atoms with Crippen molar-refractivity contribution in [3.8, 4) is 11.5 Å². The molecule has 0 spiro atoms. The van der Waals surface area contributed by atoms with Crippen LogP contribution in [0, 0.1) is 0 Å². The minimum Gasteiger partial charge on any atom is -0.493 e. The quantitative estimate of drug-likeness (QED) is 0.354. The summed E-state index contributed by atoms with van der Waals surface area (Å²) in [5.74, 6) is 0.121. The molecule has 0 radical (unpaired) electrons. The first-order valence-corrected chi connectivity index (χ1v) is 9.49. The Morgan fingerprint density at radius 3 is 2.30 bits per heavy atom. The molecule has 3 N–H and O–H groups in total. The van der Waals surface area contributed by atoms with Gasteiger partial charge in [-0.15, -0.1) is 0 Å². The van der Waals surface area contributed by atoms with Crippen molar-refractivity contribution in [3.63, 3.8) is 0 Å². The van der Waals surface area contributed by atoms with Gasteiger partial charge >= 0.3 is 5.97 Å². The first-order chi connectivity index (χ1) is 14.4. The van der Waals surface area contributed by atoms with Gasteiger partial charge in [-0.1, -0.05) is 0 Å². The summed E-state index contributed by atoms with van der Waals surface area (Å²) in [5, 5.41) is 3.44. The van der Waals surface area contributed by atoms with Crippen molar-refractivity contribution in [2.45, 2.75) is 13.2 Å². The number of H-pyrrole nitrogens is 1. The summed E-state index contributed by atoms with van der Waals surface area (Å²) < 4.78 is 26.2. The number of ether oxygens (including phenoxy) is 5. The molecule has 2 rings (SSSR count). The Balaban J connectivity index is 2.36. The topological polar surface area (TPSA) is 113 Å². The number of benzene rings is 1. The summed E-state index contributed by atoms with van der Waals surface area (Å²) in [5.41, 5.74) is 1.09. The van der Waals surface area contributed by atoms with E-state index in [4.69, 9.17) is 23.7 Å². The third kappa shape index (κ3) is 5.41. The van der Waals surface area contributed by atoms with Crippen LogP contribution in [-0.2, 0) is 19.0 Å². The number of amides is 1. The van der Waals surface area contributed by atoms with Crippen LogP contribution in [0.3, 0.4) is 0 Å². The van der Waals surface area contributed by atoms with Crippen molar-refractivity contribution in [3.05, 3.63) is 17.8 Å². The van der Waals surface area contributed by atoms with Crippen molar-refractivity contribution < 1.29 is 38.2 Å². The molecule has 0 saturated carbocycles. The summed E-state index contributed by atoms with van der Waals surface area (Å²) in [6.45, 7) is 2.54. The van der Waals surface area contributed by atoms with Crippen molar-refractivity contribution in [1.29, 1.82) is 0 Å². The number of quaternary nitrogens is 1. The molecular formula is C20H30N3O7+. The second-order valence-corrected chi connectivity index (χ2v) is 6.64. The van der Waals surface area contributed by atoms with E-state index in [-0.39, 0.29) is 24.8 Å². The lowest BCUT2D eigenvalue weighted by atomic mass is 10.2. The highest BCUT2D eigenvalue weighted by atomic mass is 16.7. The number of methoxy groups -OCH3 is 4. The maximum absolute atomic E-state index is 12.7. The lowest BCUT2D eigenvalue weighted by molar-refractivity contribution is -0.877. The summed E-state index contributed by atoms with van der Waals surface area (Å²) in [6, 6.07) is 3.40. The molecule has 1 aromatic carbocycles. The fourth-order valence-corrected chi connectivity index (χ4v) is 3.08. The van der Waals surface area contributed by atoms with Crippen molar-refractivity contribution in [1.82, 2.24) is 4.98 Å². The molecular weight excluding hydrogens is 394 g/mol. The number of anilines is 1. The SMILES string of the molecule is CCOC(=O)c1[nH]c2cc(OC)c(OC)cc2c1NC(=O)C[NH+](C)CC(OC)OC. The van der Waals surface area contributed by atoms with Crippen molar-refractivity contribution >= 4 is 28.5 Å². The van der Waals surface area contributed by atoms with Gasteiger partial charge in [0.25, 0.3) is 5.91 Å². The van der Waals surface area contributed by atoms with E-state index in [2.05, 4.69) is 10.3 Å². The predicted molar refractivity (Wildman–Crippen MR) is 110 cm³/mol. The summed E-state index contributed by atoms with van der Waals surface area (Å²) in [7, 11) is 7.97. The Labute approximate surface area is 175 Å². The molecule has 0 aliphatic heterocycles. The van der Waals surface area contributed by atoms with Crippen LogP contribution in [-0.4, -0.2) is 78.3 Å². The zero-order valence-electron chi connectivity index (χ0n) is 18.2. The maximum atomic E-state index is 12.7. The summed E-state index contributed by atoms with van der Waals surface area (Å²) in [4.78, 5) is 29.0. The molecule has 1 aromatic heterocycles. The second kappa shape index (κ2) is 10.8. The number of carbonyl (C=O) groups excluding carboxylic acids is 2. The number of rotatable bonds is 11. The van der Waals surface area contributed by atoms with E-state index in [1.807, 2.05) is 7.05 Å². The van der Waals surface area contributed by atoms with Crippen LogP contribution >= 0.6 is 0 Å². The molecule has 30 heavy (non-hydrogen) atoms. The largest absolute Gasteiger partial charge is 0.493 e. The highest BCUT2D eigenvalue weighted by Crippen LogP contribution is 2.37. The molecule has 1 unspecified atom stereocenters. The van der Waals surface area contributed by atoms with E-state index in [9.17, 15) is 9.59 Å². The lowest BCUT2D eigenvalue weighted by Crippen LogP contribution is -3.11. The van der Waals surface area contributed by atoms with Crippen LogP contribution in [0.15, 0.2) is 12.1 Å². The van der Waals surface area contributed by atoms with Gasteiger partial charge in [0, 0.05) is 25.7 Å². The number of aromatic amines is 1. The number of likely N-dealkylation sites (N-methyl/N-ethyl adjacent to an activating group) is 1. The van der Waals surface area contributed by atoms with E-state index >= 15 is 0 Å². The van der Waals surface area contributed by atoms with E-state index < -0.39 is 12.3 Å². The van der Waals surface area contributed by atoms with Gasteiger partial charge in [0.2, 0.25) is 6.29 Å². The molecule has 0 fully saturated rings. The highest BCUT2D eigenvalue weighted by Gasteiger charge is 2.24. The smallest absolute Gasteiger partial charge is 0.356 e. The molecule has 10 heteroatoms. The van der Waals surface area contributed by atoms with Crippen molar-refractivity contribution in [2.75, 3.05) is 60.5 Å². The molecule has 166 valence electrons. The Morgan fingerprint density at radius 1 is 1.10 bits per heavy atom.